The molecule has 19 heavy (non-hydrogen) atoms. The standard InChI is InChI=1S/C14H17BrClNO2/c15-10-4-5-12(13(16)9-10)14(19)17-7-2-1-3-11(17)6-8-18/h4-5,9,11,18H,1-3,6-8H2. The summed E-state index contributed by atoms with van der Waals surface area (Å²) in [6, 6.07) is 5.44. The van der Waals surface area contributed by atoms with Crippen LogP contribution in [0.2, 0.25) is 5.02 Å². The van der Waals surface area contributed by atoms with Gasteiger partial charge in [0.2, 0.25) is 0 Å². The molecule has 3 nitrogen and oxygen atoms in total. The molecule has 1 atom stereocenters. The maximum Gasteiger partial charge on any atom is 0.255 e. The van der Waals surface area contributed by atoms with Crippen LogP contribution in [0.15, 0.2) is 22.7 Å². The summed E-state index contributed by atoms with van der Waals surface area (Å²) in [4.78, 5) is 14.4. The third-order valence-electron chi connectivity index (χ3n) is 3.51. The third kappa shape index (κ3) is 3.50. The van der Waals surface area contributed by atoms with Gasteiger partial charge < -0.3 is 10.0 Å². The van der Waals surface area contributed by atoms with Gasteiger partial charge in [-0.25, -0.2) is 0 Å². The van der Waals surface area contributed by atoms with Gasteiger partial charge >= 0.3 is 0 Å². The summed E-state index contributed by atoms with van der Waals surface area (Å²) >= 11 is 9.48. The molecule has 0 aromatic heterocycles. The fourth-order valence-electron chi connectivity index (χ4n) is 2.53. The Hall–Kier alpha value is -0.580. The van der Waals surface area contributed by atoms with Crippen LogP contribution in [0, 0.1) is 0 Å². The lowest BCUT2D eigenvalue weighted by Crippen LogP contribution is -2.44. The lowest BCUT2D eigenvalue weighted by molar-refractivity contribution is 0.0575. The van der Waals surface area contributed by atoms with E-state index in [0.717, 1.165) is 30.3 Å². The number of aliphatic hydroxyl groups excluding tert-OH is 1. The van der Waals surface area contributed by atoms with Gasteiger partial charge in [-0.2, -0.15) is 0 Å². The van der Waals surface area contributed by atoms with Crippen LogP contribution in [0.25, 0.3) is 0 Å². The van der Waals surface area contributed by atoms with Crippen LogP contribution in [0.5, 0.6) is 0 Å². The van der Waals surface area contributed by atoms with Crippen molar-refractivity contribution in [2.24, 2.45) is 0 Å². The summed E-state index contributed by atoms with van der Waals surface area (Å²) in [7, 11) is 0. The number of hydrogen-bond acceptors (Lipinski definition) is 2. The van der Waals surface area contributed by atoms with Crippen molar-refractivity contribution in [1.29, 1.82) is 0 Å². The summed E-state index contributed by atoms with van der Waals surface area (Å²) in [5.41, 5.74) is 0.537. The molecule has 1 unspecified atom stereocenters. The van der Waals surface area contributed by atoms with Crippen molar-refractivity contribution in [2.75, 3.05) is 13.2 Å². The second-order valence-electron chi connectivity index (χ2n) is 4.78. The van der Waals surface area contributed by atoms with E-state index >= 15 is 0 Å². The fraction of sp³-hybridized carbons (Fsp3) is 0.500. The number of aliphatic hydroxyl groups is 1. The molecule has 1 heterocycles. The Morgan fingerprint density at radius 3 is 2.95 bits per heavy atom. The van der Waals surface area contributed by atoms with Gasteiger partial charge in [-0.3, -0.25) is 4.79 Å². The van der Waals surface area contributed by atoms with Crippen molar-refractivity contribution in [2.45, 2.75) is 31.7 Å². The SMILES string of the molecule is O=C(c1ccc(Br)cc1Cl)N1CCCCC1CCO. The minimum Gasteiger partial charge on any atom is -0.396 e. The largest absolute Gasteiger partial charge is 0.396 e. The Kier molecular flexibility index (Phi) is 5.25. The topological polar surface area (TPSA) is 40.5 Å². The average molecular weight is 347 g/mol. The molecule has 2 rings (SSSR count). The van der Waals surface area contributed by atoms with Crippen LogP contribution in [-0.2, 0) is 0 Å². The van der Waals surface area contributed by atoms with Crippen LogP contribution in [0.3, 0.4) is 0 Å². The maximum absolute atomic E-state index is 12.6. The molecule has 1 aliphatic rings. The van der Waals surface area contributed by atoms with Gasteiger partial charge in [-0.1, -0.05) is 27.5 Å². The van der Waals surface area contributed by atoms with E-state index in [0.29, 0.717) is 17.0 Å². The van der Waals surface area contributed by atoms with Crippen LogP contribution in [0.1, 0.15) is 36.0 Å². The number of halogens is 2. The molecular weight excluding hydrogens is 330 g/mol. The normalized spacial score (nSPS) is 19.5. The van der Waals surface area contributed by atoms with Gasteiger partial charge in [0.05, 0.1) is 10.6 Å². The summed E-state index contributed by atoms with van der Waals surface area (Å²) < 4.78 is 0.861. The average Bonchev–Trinajstić information content (AvgIpc) is 2.39. The molecule has 1 aromatic carbocycles. The molecule has 1 aromatic rings. The first-order valence-electron chi connectivity index (χ1n) is 6.50. The molecule has 0 radical (unpaired) electrons. The number of carbonyl (C=O) groups excluding carboxylic acids is 1. The molecule has 0 aliphatic carbocycles. The van der Waals surface area contributed by atoms with Crippen molar-refractivity contribution in [3.63, 3.8) is 0 Å². The number of nitrogens with zero attached hydrogens (tertiary/aromatic N) is 1. The molecule has 1 saturated heterocycles. The highest BCUT2D eigenvalue weighted by atomic mass is 79.9. The zero-order valence-corrected chi connectivity index (χ0v) is 13.0. The van der Waals surface area contributed by atoms with E-state index in [-0.39, 0.29) is 18.6 Å². The van der Waals surface area contributed by atoms with Crippen LogP contribution >= 0.6 is 27.5 Å². The molecule has 0 saturated carbocycles. The summed E-state index contributed by atoms with van der Waals surface area (Å²) in [5, 5.41) is 9.57. The van der Waals surface area contributed by atoms with E-state index in [4.69, 9.17) is 16.7 Å². The summed E-state index contributed by atoms with van der Waals surface area (Å²) in [6.07, 6.45) is 3.73. The number of benzene rings is 1. The van der Waals surface area contributed by atoms with Gasteiger partial charge in [0.25, 0.3) is 5.91 Å². The summed E-state index contributed by atoms with van der Waals surface area (Å²) in [6.45, 7) is 0.860. The predicted octanol–water partition coefficient (Wildman–Crippen LogP) is 3.48. The van der Waals surface area contributed by atoms with E-state index in [2.05, 4.69) is 15.9 Å². The number of carbonyl (C=O) groups is 1. The second-order valence-corrected chi connectivity index (χ2v) is 6.11. The number of rotatable bonds is 3. The molecule has 1 aliphatic heterocycles. The first-order chi connectivity index (χ1) is 9.13. The van der Waals surface area contributed by atoms with Gasteiger partial charge in [0, 0.05) is 23.7 Å². The van der Waals surface area contributed by atoms with Crippen molar-refractivity contribution in [3.05, 3.63) is 33.3 Å². The molecule has 1 N–H and O–H groups in total. The summed E-state index contributed by atoms with van der Waals surface area (Å²) in [5.74, 6) is -0.0318. The van der Waals surface area contributed by atoms with E-state index in [1.807, 2.05) is 11.0 Å². The van der Waals surface area contributed by atoms with E-state index < -0.39 is 0 Å². The van der Waals surface area contributed by atoms with Gasteiger partial charge in [-0.05, 0) is 43.9 Å². The van der Waals surface area contributed by atoms with Gasteiger partial charge in [-0.15, -0.1) is 0 Å². The zero-order chi connectivity index (χ0) is 13.8. The molecule has 1 fully saturated rings. The van der Waals surface area contributed by atoms with Gasteiger partial charge in [0.15, 0.2) is 0 Å². The number of piperidine rings is 1. The van der Waals surface area contributed by atoms with Crippen LogP contribution in [-0.4, -0.2) is 35.1 Å². The lowest BCUT2D eigenvalue weighted by atomic mass is 9.98. The Morgan fingerprint density at radius 1 is 1.47 bits per heavy atom. The Balaban J connectivity index is 2.21. The van der Waals surface area contributed by atoms with Crippen molar-refractivity contribution in [1.82, 2.24) is 4.90 Å². The minimum atomic E-state index is -0.0318. The first kappa shape index (κ1) is 14.8. The molecular formula is C14H17BrClNO2. The Labute approximate surface area is 126 Å². The van der Waals surface area contributed by atoms with Crippen molar-refractivity contribution < 1.29 is 9.90 Å². The fourth-order valence-corrected chi connectivity index (χ4v) is 3.29. The van der Waals surface area contributed by atoms with Gasteiger partial charge in [0.1, 0.15) is 0 Å². The smallest absolute Gasteiger partial charge is 0.255 e. The quantitative estimate of drug-likeness (QED) is 0.910. The number of hydrogen-bond donors (Lipinski definition) is 1. The molecule has 5 heteroatoms. The third-order valence-corrected chi connectivity index (χ3v) is 4.32. The van der Waals surface area contributed by atoms with E-state index in [1.165, 1.54) is 0 Å². The second kappa shape index (κ2) is 6.73. The first-order valence-corrected chi connectivity index (χ1v) is 7.67. The predicted molar refractivity (Wildman–Crippen MR) is 79.5 cm³/mol. The number of likely N-dealkylation sites (tertiary alicyclic amines) is 1. The lowest BCUT2D eigenvalue weighted by Gasteiger charge is -2.35. The molecule has 104 valence electrons. The van der Waals surface area contributed by atoms with Crippen LogP contribution in [0.4, 0.5) is 0 Å². The molecule has 0 bridgehead atoms. The maximum atomic E-state index is 12.6. The molecule has 0 spiro atoms. The minimum absolute atomic E-state index is 0.0318. The Bertz CT molecular complexity index is 465. The molecule has 1 amide bonds. The van der Waals surface area contributed by atoms with Crippen LogP contribution < -0.4 is 0 Å². The number of amides is 1. The Morgan fingerprint density at radius 2 is 2.26 bits per heavy atom. The monoisotopic (exact) mass is 345 g/mol. The zero-order valence-electron chi connectivity index (χ0n) is 10.6. The highest BCUT2D eigenvalue weighted by Crippen LogP contribution is 2.26. The highest BCUT2D eigenvalue weighted by molar-refractivity contribution is 9.10. The van der Waals surface area contributed by atoms with Crippen molar-refractivity contribution in [3.8, 4) is 0 Å². The van der Waals surface area contributed by atoms with Crippen molar-refractivity contribution >= 4 is 33.4 Å². The highest BCUT2D eigenvalue weighted by Gasteiger charge is 2.28. The van der Waals surface area contributed by atoms with E-state index in [9.17, 15) is 4.79 Å². The van der Waals surface area contributed by atoms with E-state index in [1.54, 1.807) is 12.1 Å².